The standard InChI is InChI=1S/C22H22N4O3S/c27-22(21-13-19(23-24-21)15-7-3-1-4-8-15)26-14-16-11-17(26)12-20(16)25-30(28,29)18-9-5-2-6-10-18/h1-10,13,16-17,20,25H,11-12,14H2,(H,23,24)/t16-,17-,20-/m0/s1. The van der Waals surface area contributed by atoms with Gasteiger partial charge in [-0.1, -0.05) is 48.5 Å². The van der Waals surface area contributed by atoms with Crippen LogP contribution in [0.4, 0.5) is 0 Å². The fraction of sp³-hybridized carbons (Fsp3) is 0.273. The molecule has 30 heavy (non-hydrogen) atoms. The third kappa shape index (κ3) is 3.42. The molecule has 3 atom stereocenters. The average molecular weight is 423 g/mol. The van der Waals surface area contributed by atoms with Crippen LogP contribution in [0.1, 0.15) is 23.3 Å². The zero-order valence-corrected chi connectivity index (χ0v) is 17.0. The summed E-state index contributed by atoms with van der Waals surface area (Å²) in [5.74, 6) is 0.0375. The highest BCUT2D eigenvalue weighted by atomic mass is 32.2. The second-order valence-electron chi connectivity index (χ2n) is 7.92. The maximum absolute atomic E-state index is 13.0. The van der Waals surface area contributed by atoms with Gasteiger partial charge in [-0.15, -0.1) is 0 Å². The van der Waals surface area contributed by atoms with Crippen molar-refractivity contribution in [3.63, 3.8) is 0 Å². The van der Waals surface area contributed by atoms with Crippen molar-refractivity contribution in [1.29, 1.82) is 0 Å². The summed E-state index contributed by atoms with van der Waals surface area (Å²) in [5.41, 5.74) is 2.14. The molecule has 2 fully saturated rings. The number of sulfonamides is 1. The van der Waals surface area contributed by atoms with Crippen LogP contribution in [0.15, 0.2) is 71.6 Å². The Hall–Kier alpha value is -2.97. The number of carbonyl (C=O) groups excluding carboxylic acids is 1. The second kappa shape index (κ2) is 7.37. The molecular weight excluding hydrogens is 400 g/mol. The van der Waals surface area contributed by atoms with Crippen LogP contribution in [0.5, 0.6) is 0 Å². The van der Waals surface area contributed by atoms with Gasteiger partial charge in [0.05, 0.1) is 10.6 Å². The summed E-state index contributed by atoms with van der Waals surface area (Å²) in [5, 5.41) is 7.13. The van der Waals surface area contributed by atoms with E-state index in [-0.39, 0.29) is 28.8 Å². The number of carbonyl (C=O) groups is 1. The molecule has 7 nitrogen and oxygen atoms in total. The molecular formula is C22H22N4O3S. The Balaban J connectivity index is 1.26. The SMILES string of the molecule is O=C(c1cc(-c2ccccc2)n[nH]1)N1C[C@@H]2C[C@H]1C[C@@H]2NS(=O)(=O)c1ccccc1. The van der Waals surface area contributed by atoms with Crippen molar-refractivity contribution >= 4 is 15.9 Å². The van der Waals surface area contributed by atoms with E-state index < -0.39 is 10.0 Å². The highest BCUT2D eigenvalue weighted by Gasteiger charge is 2.48. The maximum Gasteiger partial charge on any atom is 0.272 e. The fourth-order valence-electron chi connectivity index (χ4n) is 4.56. The summed E-state index contributed by atoms with van der Waals surface area (Å²) in [4.78, 5) is 15.1. The molecule has 1 aliphatic heterocycles. The molecule has 2 N–H and O–H groups in total. The molecule has 5 rings (SSSR count). The number of rotatable bonds is 5. The first-order valence-corrected chi connectivity index (χ1v) is 11.5. The summed E-state index contributed by atoms with van der Waals surface area (Å²) < 4.78 is 28.1. The van der Waals surface area contributed by atoms with Crippen molar-refractivity contribution in [2.24, 2.45) is 5.92 Å². The number of nitrogens with one attached hydrogen (secondary N) is 2. The van der Waals surface area contributed by atoms with Crippen molar-refractivity contribution in [3.8, 4) is 11.3 Å². The number of amides is 1. The van der Waals surface area contributed by atoms with Crippen molar-refractivity contribution in [1.82, 2.24) is 19.8 Å². The molecule has 1 aliphatic carbocycles. The topological polar surface area (TPSA) is 95.2 Å². The molecule has 2 bridgehead atoms. The minimum atomic E-state index is -3.55. The van der Waals surface area contributed by atoms with Crippen LogP contribution in [0, 0.1) is 5.92 Å². The first-order chi connectivity index (χ1) is 14.5. The Bertz CT molecular complexity index is 1160. The number of aromatic amines is 1. The van der Waals surface area contributed by atoms with Gasteiger partial charge in [0.1, 0.15) is 5.69 Å². The van der Waals surface area contributed by atoms with E-state index in [0.717, 1.165) is 17.7 Å². The van der Waals surface area contributed by atoms with E-state index in [0.29, 0.717) is 18.7 Å². The van der Waals surface area contributed by atoms with Gasteiger partial charge >= 0.3 is 0 Å². The molecule has 2 aliphatic rings. The number of nitrogens with zero attached hydrogens (tertiary/aromatic N) is 2. The first kappa shape index (κ1) is 19.0. The predicted octanol–water partition coefficient (Wildman–Crippen LogP) is 2.66. The van der Waals surface area contributed by atoms with Crippen molar-refractivity contribution < 1.29 is 13.2 Å². The number of hydrogen-bond acceptors (Lipinski definition) is 4. The predicted molar refractivity (Wildman–Crippen MR) is 112 cm³/mol. The Labute approximate surface area is 175 Å². The quantitative estimate of drug-likeness (QED) is 0.661. The van der Waals surface area contributed by atoms with E-state index >= 15 is 0 Å². The number of fused-ring (bicyclic) bond motifs is 2. The molecule has 1 aromatic heterocycles. The van der Waals surface area contributed by atoms with Gasteiger partial charge < -0.3 is 4.90 Å². The molecule has 154 valence electrons. The van der Waals surface area contributed by atoms with Gasteiger partial charge in [-0.2, -0.15) is 5.10 Å². The number of likely N-dealkylation sites (tertiary alicyclic amines) is 1. The Morgan fingerprint density at radius 2 is 1.73 bits per heavy atom. The lowest BCUT2D eigenvalue weighted by atomic mass is 10.0. The van der Waals surface area contributed by atoms with E-state index in [2.05, 4.69) is 14.9 Å². The van der Waals surface area contributed by atoms with Crippen LogP contribution in [0.2, 0.25) is 0 Å². The number of hydrogen-bond donors (Lipinski definition) is 2. The molecule has 1 saturated heterocycles. The van der Waals surface area contributed by atoms with Gasteiger partial charge in [0.25, 0.3) is 5.91 Å². The van der Waals surface area contributed by atoms with E-state index in [1.807, 2.05) is 35.2 Å². The summed E-state index contributed by atoms with van der Waals surface area (Å²) in [7, 11) is -3.55. The van der Waals surface area contributed by atoms with Crippen molar-refractivity contribution in [2.45, 2.75) is 29.8 Å². The number of aromatic nitrogens is 2. The van der Waals surface area contributed by atoms with E-state index in [1.165, 1.54) is 0 Å². The van der Waals surface area contributed by atoms with Gasteiger partial charge in [-0.05, 0) is 37.0 Å². The zero-order chi connectivity index (χ0) is 20.7. The van der Waals surface area contributed by atoms with Gasteiger partial charge in [0.15, 0.2) is 0 Å². The molecule has 2 aromatic carbocycles. The molecule has 1 saturated carbocycles. The van der Waals surface area contributed by atoms with Crippen molar-refractivity contribution in [2.75, 3.05) is 6.54 Å². The lowest BCUT2D eigenvalue weighted by Gasteiger charge is -2.31. The molecule has 0 spiro atoms. The normalized spacial score (nSPS) is 23.1. The Kier molecular flexibility index (Phi) is 4.67. The average Bonchev–Trinajstić information content (AvgIpc) is 3.50. The summed E-state index contributed by atoms with van der Waals surface area (Å²) in [6, 6.07) is 19.8. The molecule has 8 heteroatoms. The largest absolute Gasteiger partial charge is 0.334 e. The number of piperidine rings is 1. The smallest absolute Gasteiger partial charge is 0.272 e. The molecule has 0 unspecified atom stereocenters. The number of benzene rings is 2. The van der Waals surface area contributed by atoms with E-state index in [1.54, 1.807) is 36.4 Å². The monoisotopic (exact) mass is 422 g/mol. The lowest BCUT2D eigenvalue weighted by Crippen LogP contribution is -2.47. The fourth-order valence-corrected chi connectivity index (χ4v) is 5.90. The van der Waals surface area contributed by atoms with Crippen molar-refractivity contribution in [3.05, 3.63) is 72.4 Å². The molecule has 1 amide bonds. The van der Waals surface area contributed by atoms with Gasteiger partial charge in [-0.3, -0.25) is 9.89 Å². The first-order valence-electron chi connectivity index (χ1n) is 10.0. The third-order valence-electron chi connectivity index (χ3n) is 6.04. The highest BCUT2D eigenvalue weighted by Crippen LogP contribution is 2.39. The van der Waals surface area contributed by atoms with E-state index in [4.69, 9.17) is 0 Å². The van der Waals surface area contributed by atoms with Gasteiger partial charge in [-0.25, -0.2) is 13.1 Å². The highest BCUT2D eigenvalue weighted by molar-refractivity contribution is 7.89. The summed E-state index contributed by atoms with van der Waals surface area (Å²) >= 11 is 0. The Morgan fingerprint density at radius 3 is 2.40 bits per heavy atom. The molecule has 2 heterocycles. The van der Waals surface area contributed by atoms with Crippen LogP contribution in [0.25, 0.3) is 11.3 Å². The van der Waals surface area contributed by atoms with Crippen LogP contribution < -0.4 is 4.72 Å². The van der Waals surface area contributed by atoms with Crippen LogP contribution in [-0.2, 0) is 10.0 Å². The van der Waals surface area contributed by atoms with Crippen LogP contribution >= 0.6 is 0 Å². The van der Waals surface area contributed by atoms with Crippen LogP contribution in [-0.4, -0.2) is 48.1 Å². The second-order valence-corrected chi connectivity index (χ2v) is 9.63. The van der Waals surface area contributed by atoms with Gasteiger partial charge in [0.2, 0.25) is 10.0 Å². The van der Waals surface area contributed by atoms with E-state index in [9.17, 15) is 13.2 Å². The maximum atomic E-state index is 13.0. The summed E-state index contributed by atoms with van der Waals surface area (Å²) in [6.45, 7) is 0.547. The zero-order valence-electron chi connectivity index (χ0n) is 16.2. The number of H-pyrrole nitrogens is 1. The molecule has 0 radical (unpaired) electrons. The minimum Gasteiger partial charge on any atom is -0.334 e. The molecule has 3 aromatic rings. The van der Waals surface area contributed by atoms with Crippen LogP contribution in [0.3, 0.4) is 0 Å². The lowest BCUT2D eigenvalue weighted by molar-refractivity contribution is 0.0685. The Morgan fingerprint density at radius 1 is 1.03 bits per heavy atom. The minimum absolute atomic E-state index is 0.0365. The third-order valence-corrected chi connectivity index (χ3v) is 7.55. The van der Waals surface area contributed by atoms with Gasteiger partial charge in [0, 0.05) is 24.2 Å². The summed E-state index contributed by atoms with van der Waals surface area (Å²) in [6.07, 6.45) is 1.44.